The molecule has 21 heavy (non-hydrogen) atoms. The van der Waals surface area contributed by atoms with Gasteiger partial charge in [0.1, 0.15) is 0 Å². The molecule has 8 nitrogen and oxygen atoms in total. The maximum atomic E-state index is 11.7. The summed E-state index contributed by atoms with van der Waals surface area (Å²) in [4.78, 5) is 26.7. The van der Waals surface area contributed by atoms with Gasteiger partial charge >= 0.3 is 12.0 Å². The molecule has 1 aromatic rings. The van der Waals surface area contributed by atoms with E-state index >= 15 is 0 Å². The Bertz CT molecular complexity index is 463. The van der Waals surface area contributed by atoms with Gasteiger partial charge in [-0.1, -0.05) is 18.0 Å². The van der Waals surface area contributed by atoms with Crippen LogP contribution < -0.4 is 10.6 Å². The number of carboxylic acids is 1. The van der Waals surface area contributed by atoms with E-state index in [0.29, 0.717) is 31.8 Å². The maximum Gasteiger partial charge on any atom is 0.314 e. The minimum absolute atomic E-state index is 0.0132. The fourth-order valence-corrected chi connectivity index (χ4v) is 2.65. The van der Waals surface area contributed by atoms with Crippen LogP contribution in [0.4, 0.5) is 4.79 Å². The van der Waals surface area contributed by atoms with Crippen molar-refractivity contribution in [2.75, 3.05) is 13.1 Å². The van der Waals surface area contributed by atoms with Crippen molar-refractivity contribution in [3.05, 3.63) is 12.2 Å². The standard InChI is InChI=1S/C13H20N4O4/c18-12(19)10-4-2-1-3-9(10)7-15-13(20)14-6-5-11-16-8-21-17-11/h8-10H,1-7H2,(H,18,19)(H2,14,15,20). The molecule has 0 aromatic carbocycles. The fraction of sp³-hybridized carbons (Fsp3) is 0.692. The predicted octanol–water partition coefficient (Wildman–Crippen LogP) is 0.802. The van der Waals surface area contributed by atoms with Crippen LogP contribution in [0.2, 0.25) is 0 Å². The SMILES string of the molecule is O=C(NCCc1ncon1)NCC1CCCCC1C(=O)O. The molecule has 2 unspecified atom stereocenters. The number of amides is 2. The molecule has 3 N–H and O–H groups in total. The molecule has 1 heterocycles. The molecule has 0 bridgehead atoms. The van der Waals surface area contributed by atoms with E-state index in [2.05, 4.69) is 25.3 Å². The van der Waals surface area contributed by atoms with Gasteiger partial charge in [-0.2, -0.15) is 4.98 Å². The highest BCUT2D eigenvalue weighted by atomic mass is 16.5. The van der Waals surface area contributed by atoms with Crippen molar-refractivity contribution in [2.24, 2.45) is 11.8 Å². The van der Waals surface area contributed by atoms with Crippen LogP contribution in [0.5, 0.6) is 0 Å². The largest absolute Gasteiger partial charge is 0.481 e. The van der Waals surface area contributed by atoms with Gasteiger partial charge in [0.2, 0.25) is 6.39 Å². The van der Waals surface area contributed by atoms with Gasteiger partial charge in [0.05, 0.1) is 5.92 Å². The third-order valence-corrected chi connectivity index (χ3v) is 3.79. The third kappa shape index (κ3) is 4.73. The number of carboxylic acid groups (broad SMARTS) is 1. The lowest BCUT2D eigenvalue weighted by Gasteiger charge is -2.28. The first-order chi connectivity index (χ1) is 10.2. The number of nitrogens with zero attached hydrogens (tertiary/aromatic N) is 2. The normalized spacial score (nSPS) is 21.7. The van der Waals surface area contributed by atoms with Crippen LogP contribution in [0.15, 0.2) is 10.9 Å². The summed E-state index contributed by atoms with van der Waals surface area (Å²) in [5.74, 6) is -0.565. The number of rotatable bonds is 6. The number of carbonyl (C=O) groups is 2. The van der Waals surface area contributed by atoms with Crippen LogP contribution in [0.1, 0.15) is 31.5 Å². The lowest BCUT2D eigenvalue weighted by Crippen LogP contribution is -2.42. The molecule has 0 saturated heterocycles. The molecule has 1 aliphatic rings. The van der Waals surface area contributed by atoms with E-state index < -0.39 is 5.97 Å². The highest BCUT2D eigenvalue weighted by Crippen LogP contribution is 2.29. The molecular weight excluding hydrogens is 276 g/mol. The van der Waals surface area contributed by atoms with Gasteiger partial charge in [-0.15, -0.1) is 0 Å². The van der Waals surface area contributed by atoms with Crippen molar-refractivity contribution >= 4 is 12.0 Å². The highest BCUT2D eigenvalue weighted by molar-refractivity contribution is 5.74. The maximum absolute atomic E-state index is 11.7. The highest BCUT2D eigenvalue weighted by Gasteiger charge is 2.30. The van der Waals surface area contributed by atoms with Gasteiger partial charge in [-0.3, -0.25) is 4.79 Å². The van der Waals surface area contributed by atoms with Crippen molar-refractivity contribution in [1.82, 2.24) is 20.8 Å². The van der Waals surface area contributed by atoms with Crippen molar-refractivity contribution < 1.29 is 19.2 Å². The molecule has 2 rings (SSSR count). The van der Waals surface area contributed by atoms with Gasteiger partial charge in [0.15, 0.2) is 5.82 Å². The Morgan fingerprint density at radius 1 is 1.33 bits per heavy atom. The topological polar surface area (TPSA) is 117 Å². The molecule has 2 atom stereocenters. The molecule has 1 saturated carbocycles. The van der Waals surface area contributed by atoms with Gasteiger partial charge in [-0.25, -0.2) is 4.79 Å². The van der Waals surface area contributed by atoms with Crippen LogP contribution in [-0.4, -0.2) is 40.3 Å². The average Bonchev–Trinajstić information content (AvgIpc) is 2.98. The van der Waals surface area contributed by atoms with Crippen LogP contribution in [0.3, 0.4) is 0 Å². The molecule has 0 radical (unpaired) electrons. The second-order valence-electron chi connectivity index (χ2n) is 5.22. The minimum atomic E-state index is -0.765. The average molecular weight is 296 g/mol. The number of carbonyl (C=O) groups excluding carboxylic acids is 1. The summed E-state index contributed by atoms with van der Waals surface area (Å²) in [6, 6.07) is -0.298. The molecular formula is C13H20N4O4. The number of hydrogen-bond acceptors (Lipinski definition) is 5. The Hall–Kier alpha value is -2.12. The lowest BCUT2D eigenvalue weighted by molar-refractivity contribution is -0.144. The first-order valence-corrected chi connectivity index (χ1v) is 7.16. The number of nitrogens with one attached hydrogen (secondary N) is 2. The molecule has 2 amide bonds. The fourth-order valence-electron chi connectivity index (χ4n) is 2.65. The lowest BCUT2D eigenvalue weighted by atomic mass is 9.79. The first kappa shape index (κ1) is 15.3. The molecule has 1 aromatic heterocycles. The molecule has 1 aliphatic carbocycles. The van der Waals surface area contributed by atoms with Crippen molar-refractivity contribution in [1.29, 1.82) is 0 Å². The van der Waals surface area contributed by atoms with E-state index in [4.69, 9.17) is 5.11 Å². The van der Waals surface area contributed by atoms with Crippen molar-refractivity contribution in [3.63, 3.8) is 0 Å². The van der Waals surface area contributed by atoms with E-state index in [9.17, 15) is 9.59 Å². The zero-order chi connectivity index (χ0) is 15.1. The van der Waals surface area contributed by atoms with Crippen molar-refractivity contribution in [2.45, 2.75) is 32.1 Å². The second kappa shape index (κ2) is 7.61. The van der Waals surface area contributed by atoms with Crippen LogP contribution in [-0.2, 0) is 11.2 Å². The van der Waals surface area contributed by atoms with Gasteiger partial charge in [-0.05, 0) is 18.8 Å². The van der Waals surface area contributed by atoms with Crippen molar-refractivity contribution in [3.8, 4) is 0 Å². The summed E-state index contributed by atoms with van der Waals surface area (Å²) in [7, 11) is 0. The van der Waals surface area contributed by atoms with Crippen LogP contribution in [0.25, 0.3) is 0 Å². The molecule has 8 heteroatoms. The predicted molar refractivity (Wildman–Crippen MR) is 72.5 cm³/mol. The Morgan fingerprint density at radius 3 is 2.86 bits per heavy atom. The Balaban J connectivity index is 1.66. The zero-order valence-corrected chi connectivity index (χ0v) is 11.7. The van der Waals surface area contributed by atoms with Gasteiger partial charge in [0, 0.05) is 19.5 Å². The summed E-state index contributed by atoms with van der Waals surface area (Å²) in [5.41, 5.74) is 0. The van der Waals surface area contributed by atoms with Gasteiger partial charge in [0.25, 0.3) is 0 Å². The Kier molecular flexibility index (Phi) is 5.53. The van der Waals surface area contributed by atoms with E-state index in [1.165, 1.54) is 6.39 Å². The number of hydrogen-bond donors (Lipinski definition) is 3. The van der Waals surface area contributed by atoms with E-state index in [1.807, 2.05) is 0 Å². The van der Waals surface area contributed by atoms with Crippen LogP contribution >= 0.6 is 0 Å². The zero-order valence-electron chi connectivity index (χ0n) is 11.7. The summed E-state index contributed by atoms with van der Waals surface area (Å²) in [5, 5.41) is 18.2. The Labute approximate surface area is 122 Å². The summed E-state index contributed by atoms with van der Waals surface area (Å²) in [6.45, 7) is 0.795. The monoisotopic (exact) mass is 296 g/mol. The Morgan fingerprint density at radius 2 is 2.14 bits per heavy atom. The van der Waals surface area contributed by atoms with E-state index in [0.717, 1.165) is 19.3 Å². The quantitative estimate of drug-likeness (QED) is 0.715. The molecule has 0 spiro atoms. The van der Waals surface area contributed by atoms with E-state index in [-0.39, 0.29) is 17.9 Å². The van der Waals surface area contributed by atoms with Gasteiger partial charge < -0.3 is 20.3 Å². The minimum Gasteiger partial charge on any atom is -0.481 e. The smallest absolute Gasteiger partial charge is 0.314 e. The second-order valence-corrected chi connectivity index (χ2v) is 5.22. The number of urea groups is 1. The number of aromatic nitrogens is 2. The third-order valence-electron chi connectivity index (χ3n) is 3.79. The molecule has 116 valence electrons. The first-order valence-electron chi connectivity index (χ1n) is 7.16. The summed E-state index contributed by atoms with van der Waals surface area (Å²) >= 11 is 0. The molecule has 1 fully saturated rings. The number of aliphatic carboxylic acids is 1. The summed E-state index contributed by atoms with van der Waals surface area (Å²) < 4.78 is 4.59. The molecule has 0 aliphatic heterocycles. The van der Waals surface area contributed by atoms with Crippen LogP contribution in [0, 0.1) is 11.8 Å². The summed E-state index contributed by atoms with van der Waals surface area (Å²) in [6.07, 6.45) is 5.25. The van der Waals surface area contributed by atoms with E-state index in [1.54, 1.807) is 0 Å².